The number of imidazole rings is 1. The molecule has 2 aromatic heterocycles. The predicted octanol–water partition coefficient (Wildman–Crippen LogP) is 1.44. The molecule has 106 valence electrons. The SMILES string of the molecule is Cn1cnc2c(NCCCC(=O)NC3CC3)nccc21. The van der Waals surface area contributed by atoms with Gasteiger partial charge in [0, 0.05) is 32.3 Å². The van der Waals surface area contributed by atoms with Gasteiger partial charge in [-0.3, -0.25) is 4.79 Å². The quantitative estimate of drug-likeness (QED) is 0.781. The fraction of sp³-hybridized carbons (Fsp3) is 0.500. The molecular formula is C14H19N5O. The van der Waals surface area contributed by atoms with E-state index < -0.39 is 0 Å². The first-order valence-corrected chi connectivity index (χ1v) is 7.03. The first kappa shape index (κ1) is 12.9. The Balaban J connectivity index is 1.50. The molecule has 0 bridgehead atoms. The maximum absolute atomic E-state index is 11.6. The van der Waals surface area contributed by atoms with Crippen LogP contribution >= 0.6 is 0 Å². The van der Waals surface area contributed by atoms with E-state index in [0.717, 1.165) is 42.7 Å². The van der Waals surface area contributed by atoms with Gasteiger partial charge in [-0.15, -0.1) is 0 Å². The van der Waals surface area contributed by atoms with Gasteiger partial charge in [0.2, 0.25) is 5.91 Å². The Hall–Kier alpha value is -2.11. The van der Waals surface area contributed by atoms with Gasteiger partial charge < -0.3 is 15.2 Å². The summed E-state index contributed by atoms with van der Waals surface area (Å²) in [6, 6.07) is 2.38. The molecule has 2 heterocycles. The van der Waals surface area contributed by atoms with Crippen molar-refractivity contribution in [2.45, 2.75) is 31.7 Å². The van der Waals surface area contributed by atoms with Gasteiger partial charge in [-0.05, 0) is 25.3 Å². The second-order valence-corrected chi connectivity index (χ2v) is 5.25. The van der Waals surface area contributed by atoms with Crippen LogP contribution in [0, 0.1) is 0 Å². The Morgan fingerprint density at radius 1 is 1.45 bits per heavy atom. The summed E-state index contributed by atoms with van der Waals surface area (Å²) in [4.78, 5) is 20.2. The first-order chi connectivity index (χ1) is 9.74. The molecule has 0 atom stereocenters. The van der Waals surface area contributed by atoms with E-state index in [0.29, 0.717) is 12.5 Å². The Bertz CT molecular complexity index is 617. The number of anilines is 1. The van der Waals surface area contributed by atoms with Crippen molar-refractivity contribution in [3.8, 4) is 0 Å². The molecule has 20 heavy (non-hydrogen) atoms. The van der Waals surface area contributed by atoms with Crippen LogP contribution in [0.3, 0.4) is 0 Å². The summed E-state index contributed by atoms with van der Waals surface area (Å²) < 4.78 is 1.96. The lowest BCUT2D eigenvalue weighted by Gasteiger charge is -2.06. The summed E-state index contributed by atoms with van der Waals surface area (Å²) in [5.74, 6) is 0.934. The Morgan fingerprint density at radius 2 is 2.30 bits per heavy atom. The number of fused-ring (bicyclic) bond motifs is 1. The zero-order chi connectivity index (χ0) is 13.9. The molecule has 1 fully saturated rings. The first-order valence-electron chi connectivity index (χ1n) is 7.03. The minimum absolute atomic E-state index is 0.151. The molecule has 0 aromatic carbocycles. The zero-order valence-electron chi connectivity index (χ0n) is 11.6. The highest BCUT2D eigenvalue weighted by atomic mass is 16.1. The molecule has 0 radical (unpaired) electrons. The highest BCUT2D eigenvalue weighted by Crippen LogP contribution is 2.19. The fourth-order valence-corrected chi connectivity index (χ4v) is 2.17. The number of nitrogens with one attached hydrogen (secondary N) is 2. The van der Waals surface area contributed by atoms with Crippen molar-refractivity contribution in [3.05, 3.63) is 18.6 Å². The third kappa shape index (κ3) is 2.89. The van der Waals surface area contributed by atoms with Crippen molar-refractivity contribution < 1.29 is 4.79 Å². The van der Waals surface area contributed by atoms with E-state index in [1.54, 1.807) is 12.5 Å². The average Bonchev–Trinajstić information content (AvgIpc) is 3.17. The molecule has 0 saturated heterocycles. The monoisotopic (exact) mass is 273 g/mol. The van der Waals surface area contributed by atoms with Gasteiger partial charge in [0.15, 0.2) is 5.82 Å². The number of rotatable bonds is 6. The van der Waals surface area contributed by atoms with E-state index in [4.69, 9.17) is 0 Å². The summed E-state index contributed by atoms with van der Waals surface area (Å²) in [6.07, 6.45) is 7.17. The van der Waals surface area contributed by atoms with Crippen LogP contribution < -0.4 is 10.6 Å². The highest BCUT2D eigenvalue weighted by molar-refractivity contribution is 5.85. The van der Waals surface area contributed by atoms with Gasteiger partial charge in [0.05, 0.1) is 11.8 Å². The number of pyridine rings is 1. The fourth-order valence-electron chi connectivity index (χ4n) is 2.17. The van der Waals surface area contributed by atoms with Crippen molar-refractivity contribution in [2.75, 3.05) is 11.9 Å². The lowest BCUT2D eigenvalue weighted by Crippen LogP contribution is -2.25. The number of aromatic nitrogens is 3. The van der Waals surface area contributed by atoms with Gasteiger partial charge in [0.1, 0.15) is 5.52 Å². The third-order valence-corrected chi connectivity index (χ3v) is 3.46. The summed E-state index contributed by atoms with van der Waals surface area (Å²) in [5, 5.41) is 6.25. The maximum atomic E-state index is 11.6. The number of hydrogen-bond donors (Lipinski definition) is 2. The summed E-state index contributed by atoms with van der Waals surface area (Å²) in [7, 11) is 1.96. The standard InChI is InChI=1S/C14H19N5O/c1-19-9-17-13-11(19)6-8-16-14(13)15-7-2-3-12(20)18-10-4-5-10/h6,8-10H,2-5,7H2,1H3,(H,15,16)(H,18,20). The minimum Gasteiger partial charge on any atom is -0.368 e. The van der Waals surface area contributed by atoms with Gasteiger partial charge in [-0.1, -0.05) is 0 Å². The number of amides is 1. The Kier molecular flexibility index (Phi) is 3.54. The topological polar surface area (TPSA) is 71.8 Å². The van der Waals surface area contributed by atoms with Crippen LogP contribution in [0.5, 0.6) is 0 Å². The van der Waals surface area contributed by atoms with Crippen LogP contribution in [0.2, 0.25) is 0 Å². The summed E-state index contributed by atoms with van der Waals surface area (Å²) in [5.41, 5.74) is 1.92. The van der Waals surface area contributed by atoms with E-state index in [1.807, 2.05) is 17.7 Å². The average molecular weight is 273 g/mol. The molecule has 1 amide bonds. The van der Waals surface area contributed by atoms with Crippen LogP contribution in [-0.2, 0) is 11.8 Å². The number of hydrogen-bond acceptors (Lipinski definition) is 4. The van der Waals surface area contributed by atoms with Crippen LogP contribution in [0.15, 0.2) is 18.6 Å². The predicted molar refractivity (Wildman–Crippen MR) is 77.4 cm³/mol. The van der Waals surface area contributed by atoms with Crippen LogP contribution in [0.4, 0.5) is 5.82 Å². The normalized spacial score (nSPS) is 14.4. The Morgan fingerprint density at radius 3 is 3.10 bits per heavy atom. The molecule has 3 rings (SSSR count). The summed E-state index contributed by atoms with van der Waals surface area (Å²) in [6.45, 7) is 0.723. The summed E-state index contributed by atoms with van der Waals surface area (Å²) >= 11 is 0. The van der Waals surface area contributed by atoms with Gasteiger partial charge in [-0.25, -0.2) is 9.97 Å². The molecule has 0 spiro atoms. The molecule has 0 aliphatic heterocycles. The second kappa shape index (κ2) is 5.48. The number of carbonyl (C=O) groups excluding carboxylic acids is 1. The lowest BCUT2D eigenvalue weighted by atomic mass is 10.3. The van der Waals surface area contributed by atoms with E-state index in [1.165, 1.54) is 0 Å². The van der Waals surface area contributed by atoms with Gasteiger partial charge in [-0.2, -0.15) is 0 Å². The van der Waals surface area contributed by atoms with E-state index in [9.17, 15) is 4.79 Å². The maximum Gasteiger partial charge on any atom is 0.220 e. The van der Waals surface area contributed by atoms with Crippen molar-refractivity contribution >= 4 is 22.8 Å². The molecule has 6 heteroatoms. The van der Waals surface area contributed by atoms with Gasteiger partial charge in [0.25, 0.3) is 0 Å². The number of aryl methyl sites for hydroxylation is 1. The van der Waals surface area contributed by atoms with Crippen molar-refractivity contribution in [3.63, 3.8) is 0 Å². The zero-order valence-corrected chi connectivity index (χ0v) is 11.6. The van der Waals surface area contributed by atoms with E-state index in [2.05, 4.69) is 20.6 Å². The smallest absolute Gasteiger partial charge is 0.220 e. The second-order valence-electron chi connectivity index (χ2n) is 5.25. The molecule has 1 aliphatic carbocycles. The third-order valence-electron chi connectivity index (χ3n) is 3.46. The van der Waals surface area contributed by atoms with Crippen LogP contribution in [0.25, 0.3) is 11.0 Å². The van der Waals surface area contributed by atoms with Crippen molar-refractivity contribution in [1.82, 2.24) is 19.9 Å². The Labute approximate surface area is 117 Å². The molecule has 0 unspecified atom stereocenters. The van der Waals surface area contributed by atoms with Crippen LogP contribution in [0.1, 0.15) is 25.7 Å². The largest absolute Gasteiger partial charge is 0.368 e. The molecule has 1 saturated carbocycles. The number of nitrogens with zero attached hydrogens (tertiary/aromatic N) is 3. The van der Waals surface area contributed by atoms with Crippen LogP contribution in [-0.4, -0.2) is 33.0 Å². The van der Waals surface area contributed by atoms with E-state index >= 15 is 0 Å². The van der Waals surface area contributed by atoms with Crippen molar-refractivity contribution in [1.29, 1.82) is 0 Å². The van der Waals surface area contributed by atoms with E-state index in [-0.39, 0.29) is 5.91 Å². The van der Waals surface area contributed by atoms with Gasteiger partial charge >= 0.3 is 0 Å². The highest BCUT2D eigenvalue weighted by Gasteiger charge is 2.22. The molecular weight excluding hydrogens is 254 g/mol. The molecule has 2 N–H and O–H groups in total. The number of carbonyl (C=O) groups is 1. The molecule has 6 nitrogen and oxygen atoms in total. The molecule has 1 aliphatic rings. The lowest BCUT2D eigenvalue weighted by molar-refractivity contribution is -0.121. The minimum atomic E-state index is 0.151. The van der Waals surface area contributed by atoms with Crippen molar-refractivity contribution in [2.24, 2.45) is 7.05 Å². The molecule has 2 aromatic rings.